The molecule has 4 rings (SSSR count). The zero-order chi connectivity index (χ0) is 20.1. The summed E-state index contributed by atoms with van der Waals surface area (Å²) in [6.45, 7) is 4.56. The molecule has 28 heavy (non-hydrogen) atoms. The van der Waals surface area contributed by atoms with Crippen LogP contribution in [-0.2, 0) is 14.8 Å². The number of benzene rings is 1. The third-order valence-corrected chi connectivity index (χ3v) is 7.32. The molecule has 0 radical (unpaired) electrons. The summed E-state index contributed by atoms with van der Waals surface area (Å²) in [4.78, 5) is 24.6. The number of hydrogen-bond donors (Lipinski definition) is 1. The first-order chi connectivity index (χ1) is 13.3. The van der Waals surface area contributed by atoms with E-state index in [-0.39, 0.29) is 29.6 Å². The van der Waals surface area contributed by atoms with Crippen LogP contribution < -0.4 is 5.32 Å². The maximum atomic E-state index is 13.1. The molecule has 1 aromatic heterocycles. The average molecular weight is 402 g/mol. The lowest BCUT2D eigenvalue weighted by atomic mass is 10.0. The SMILES string of the molecule is Cc1ccc(-c2c(C)nn3c2NC(=O)CCC3=O)cc1S(=O)(=O)N1CCCC1. The van der Waals surface area contributed by atoms with Gasteiger partial charge in [-0.1, -0.05) is 12.1 Å². The molecule has 0 atom stereocenters. The fourth-order valence-electron chi connectivity index (χ4n) is 3.79. The van der Waals surface area contributed by atoms with Crippen LogP contribution in [0.5, 0.6) is 0 Å². The van der Waals surface area contributed by atoms with Crippen molar-refractivity contribution in [3.63, 3.8) is 0 Å². The molecule has 1 aromatic carbocycles. The van der Waals surface area contributed by atoms with E-state index in [0.717, 1.165) is 12.8 Å². The molecule has 2 aromatic rings. The highest BCUT2D eigenvalue weighted by molar-refractivity contribution is 7.89. The molecule has 3 heterocycles. The van der Waals surface area contributed by atoms with Gasteiger partial charge in [0.2, 0.25) is 21.8 Å². The minimum absolute atomic E-state index is 0.0852. The number of nitrogens with zero attached hydrogens (tertiary/aromatic N) is 3. The van der Waals surface area contributed by atoms with Gasteiger partial charge in [0.15, 0.2) is 0 Å². The van der Waals surface area contributed by atoms with Crippen LogP contribution in [0.15, 0.2) is 23.1 Å². The summed E-state index contributed by atoms with van der Waals surface area (Å²) < 4.78 is 28.9. The molecular weight excluding hydrogens is 380 g/mol. The molecule has 0 bridgehead atoms. The fraction of sp³-hybridized carbons (Fsp3) is 0.421. The van der Waals surface area contributed by atoms with Crippen molar-refractivity contribution in [2.45, 2.75) is 44.4 Å². The maximum Gasteiger partial charge on any atom is 0.249 e. The normalized spacial score (nSPS) is 18.1. The second kappa shape index (κ2) is 6.82. The van der Waals surface area contributed by atoms with E-state index < -0.39 is 10.0 Å². The highest BCUT2D eigenvalue weighted by atomic mass is 32.2. The molecule has 2 aliphatic heterocycles. The standard InChI is InChI=1S/C19H22N4O4S/c1-12-5-6-14(11-15(12)28(26,27)22-9-3-4-10-22)18-13(2)21-23-17(25)8-7-16(24)20-19(18)23/h5-6,11H,3-4,7-10H2,1-2H3,(H,20,24). The molecule has 2 aliphatic rings. The Morgan fingerprint density at radius 2 is 1.79 bits per heavy atom. The number of carbonyl (C=O) groups excluding carboxylic acids is 2. The van der Waals surface area contributed by atoms with Gasteiger partial charge in [0.1, 0.15) is 5.82 Å². The zero-order valence-corrected chi connectivity index (χ0v) is 16.7. The van der Waals surface area contributed by atoms with Crippen LogP contribution in [0, 0.1) is 13.8 Å². The summed E-state index contributed by atoms with van der Waals surface area (Å²) in [5.41, 5.74) is 2.39. The van der Waals surface area contributed by atoms with Gasteiger partial charge in [0, 0.05) is 31.5 Å². The highest BCUT2D eigenvalue weighted by Gasteiger charge is 2.30. The van der Waals surface area contributed by atoms with Crippen molar-refractivity contribution in [3.05, 3.63) is 29.5 Å². The number of amides is 1. The van der Waals surface area contributed by atoms with Crippen LogP contribution >= 0.6 is 0 Å². The van der Waals surface area contributed by atoms with E-state index >= 15 is 0 Å². The fourth-order valence-corrected chi connectivity index (χ4v) is 5.56. The van der Waals surface area contributed by atoms with Gasteiger partial charge >= 0.3 is 0 Å². The minimum atomic E-state index is -3.59. The van der Waals surface area contributed by atoms with Crippen LogP contribution in [0.25, 0.3) is 11.1 Å². The summed E-state index contributed by atoms with van der Waals surface area (Å²) in [6.07, 6.45) is 1.91. The molecule has 1 amide bonds. The van der Waals surface area contributed by atoms with E-state index in [4.69, 9.17) is 0 Å². The molecule has 148 valence electrons. The van der Waals surface area contributed by atoms with E-state index in [1.807, 2.05) is 0 Å². The minimum Gasteiger partial charge on any atom is -0.310 e. The van der Waals surface area contributed by atoms with Gasteiger partial charge in [0.25, 0.3) is 0 Å². The Morgan fingerprint density at radius 3 is 2.50 bits per heavy atom. The van der Waals surface area contributed by atoms with Crippen LogP contribution in [0.1, 0.15) is 41.7 Å². The average Bonchev–Trinajstić information content (AvgIpc) is 3.27. The smallest absolute Gasteiger partial charge is 0.249 e. The predicted octanol–water partition coefficient (Wildman–Crippen LogP) is 2.32. The molecule has 0 spiro atoms. The third kappa shape index (κ3) is 3.04. The Hall–Kier alpha value is -2.52. The first-order valence-electron chi connectivity index (χ1n) is 9.33. The van der Waals surface area contributed by atoms with E-state index in [1.165, 1.54) is 8.99 Å². The van der Waals surface area contributed by atoms with Crippen molar-refractivity contribution < 1.29 is 18.0 Å². The van der Waals surface area contributed by atoms with Crippen molar-refractivity contribution in [1.82, 2.24) is 14.1 Å². The van der Waals surface area contributed by atoms with Gasteiger partial charge < -0.3 is 5.32 Å². The van der Waals surface area contributed by atoms with E-state index in [1.54, 1.807) is 32.0 Å². The number of fused-ring (bicyclic) bond motifs is 1. The number of anilines is 1. The molecule has 0 saturated carbocycles. The number of hydrogen-bond acceptors (Lipinski definition) is 5. The maximum absolute atomic E-state index is 13.1. The Kier molecular flexibility index (Phi) is 4.59. The zero-order valence-electron chi connectivity index (χ0n) is 15.9. The van der Waals surface area contributed by atoms with E-state index in [0.29, 0.717) is 41.3 Å². The Morgan fingerprint density at radius 1 is 1.07 bits per heavy atom. The number of sulfonamides is 1. The number of carbonyl (C=O) groups is 2. The van der Waals surface area contributed by atoms with E-state index in [2.05, 4.69) is 10.4 Å². The Bertz CT molecular complexity index is 1080. The van der Waals surface area contributed by atoms with Gasteiger partial charge in [-0.2, -0.15) is 14.1 Å². The van der Waals surface area contributed by atoms with Gasteiger partial charge in [0.05, 0.1) is 10.6 Å². The Labute approximate surface area is 163 Å². The van der Waals surface area contributed by atoms with Crippen LogP contribution in [0.2, 0.25) is 0 Å². The first-order valence-corrected chi connectivity index (χ1v) is 10.8. The second-order valence-corrected chi connectivity index (χ2v) is 9.16. The first kappa shape index (κ1) is 18.8. The van der Waals surface area contributed by atoms with Crippen molar-refractivity contribution >= 4 is 27.7 Å². The monoisotopic (exact) mass is 402 g/mol. The summed E-state index contributed by atoms with van der Waals surface area (Å²) in [7, 11) is -3.59. The predicted molar refractivity (Wildman–Crippen MR) is 104 cm³/mol. The third-order valence-electron chi connectivity index (χ3n) is 5.28. The second-order valence-electron chi connectivity index (χ2n) is 7.25. The molecule has 0 aliphatic carbocycles. The lowest BCUT2D eigenvalue weighted by molar-refractivity contribution is -0.116. The summed E-state index contributed by atoms with van der Waals surface area (Å²) in [5, 5.41) is 7.04. The topological polar surface area (TPSA) is 101 Å². The lowest BCUT2D eigenvalue weighted by Crippen LogP contribution is -2.28. The molecule has 1 fully saturated rings. The number of aryl methyl sites for hydroxylation is 2. The van der Waals surface area contributed by atoms with Gasteiger partial charge in [-0.05, 0) is 43.9 Å². The highest BCUT2D eigenvalue weighted by Crippen LogP contribution is 2.36. The Balaban J connectivity index is 1.86. The van der Waals surface area contributed by atoms with Gasteiger partial charge in [-0.3, -0.25) is 9.59 Å². The van der Waals surface area contributed by atoms with Crippen molar-refractivity contribution in [2.24, 2.45) is 0 Å². The van der Waals surface area contributed by atoms with Crippen molar-refractivity contribution in [1.29, 1.82) is 0 Å². The molecule has 0 unspecified atom stereocenters. The molecule has 1 saturated heterocycles. The largest absolute Gasteiger partial charge is 0.310 e. The molecular formula is C19H22N4O4S. The van der Waals surface area contributed by atoms with Crippen LogP contribution in [-0.4, -0.2) is 47.4 Å². The van der Waals surface area contributed by atoms with Crippen LogP contribution in [0.3, 0.4) is 0 Å². The molecule has 9 heteroatoms. The van der Waals surface area contributed by atoms with Gasteiger partial charge in [-0.25, -0.2) is 8.42 Å². The van der Waals surface area contributed by atoms with Crippen LogP contribution in [0.4, 0.5) is 5.82 Å². The summed E-state index contributed by atoms with van der Waals surface area (Å²) >= 11 is 0. The number of nitrogens with one attached hydrogen (secondary N) is 1. The number of aromatic nitrogens is 2. The molecule has 8 nitrogen and oxygen atoms in total. The van der Waals surface area contributed by atoms with Crippen molar-refractivity contribution in [2.75, 3.05) is 18.4 Å². The quantitative estimate of drug-likeness (QED) is 0.849. The van der Waals surface area contributed by atoms with E-state index in [9.17, 15) is 18.0 Å². The summed E-state index contributed by atoms with van der Waals surface area (Å²) in [5.74, 6) is -0.219. The summed E-state index contributed by atoms with van der Waals surface area (Å²) in [6, 6.07) is 5.17. The van der Waals surface area contributed by atoms with Gasteiger partial charge in [-0.15, -0.1) is 0 Å². The molecule has 1 N–H and O–H groups in total. The van der Waals surface area contributed by atoms with Crippen molar-refractivity contribution in [3.8, 4) is 11.1 Å². The lowest BCUT2D eigenvalue weighted by Gasteiger charge is -2.18. The number of rotatable bonds is 3.